The lowest BCUT2D eigenvalue weighted by molar-refractivity contribution is 1.07. The second-order valence-electron chi connectivity index (χ2n) is 14.4. The summed E-state index contributed by atoms with van der Waals surface area (Å²) in [5.74, 6) is 1.94. The Labute approximate surface area is 333 Å². The normalized spacial score (nSPS) is 13.3. The van der Waals surface area contributed by atoms with E-state index < -0.39 is 10.0 Å². The van der Waals surface area contributed by atoms with Crippen LogP contribution in [0.2, 0.25) is 0 Å². The molecule has 1 aliphatic rings. The molecule has 3 nitrogen and oxygen atoms in total. The molecule has 2 heterocycles. The van der Waals surface area contributed by atoms with Crippen molar-refractivity contribution >= 4 is 31.6 Å². The Hall–Kier alpha value is -7.14. The second-order valence-corrected chi connectivity index (χ2v) is 17.5. The van der Waals surface area contributed by atoms with E-state index in [1.165, 1.54) is 52.3 Å². The second kappa shape index (κ2) is 13.6. The summed E-state index contributed by atoms with van der Waals surface area (Å²) in [4.78, 5) is 20.7. The summed E-state index contributed by atoms with van der Waals surface area (Å²) in [7, 11) is -1.95. The average molecular weight is 746 g/mol. The SMILES string of the molecule is c1ccc(-c2nc(-c3ccccc3)nc(-c3ccccc3-c3ccc4c(c3)S(c3ccc5ccccc5c3)(c3ccc5ccccc5c3)c3ccccc3-4)n2)cc1. The monoisotopic (exact) mass is 745 g/mol. The van der Waals surface area contributed by atoms with Crippen molar-refractivity contribution in [2.45, 2.75) is 19.6 Å². The lowest BCUT2D eigenvalue weighted by atomic mass is 9.96. The van der Waals surface area contributed by atoms with Crippen LogP contribution in [0.4, 0.5) is 0 Å². The third-order valence-electron chi connectivity index (χ3n) is 11.1. The molecule has 1 aliphatic heterocycles. The lowest BCUT2D eigenvalue weighted by Gasteiger charge is -2.40. The number of fused-ring (bicyclic) bond motifs is 5. The van der Waals surface area contributed by atoms with Crippen LogP contribution in [0.15, 0.2) is 232 Å². The van der Waals surface area contributed by atoms with Crippen molar-refractivity contribution < 1.29 is 0 Å². The molecule has 268 valence electrons. The maximum atomic E-state index is 5.16. The Morgan fingerprint density at radius 1 is 0.263 bits per heavy atom. The first kappa shape index (κ1) is 33.2. The minimum Gasteiger partial charge on any atom is -0.208 e. The van der Waals surface area contributed by atoms with Crippen LogP contribution in [-0.4, -0.2) is 15.0 Å². The fourth-order valence-corrected chi connectivity index (χ4v) is 12.7. The zero-order valence-electron chi connectivity index (χ0n) is 31.0. The molecule has 0 bridgehead atoms. The molecule has 0 radical (unpaired) electrons. The van der Waals surface area contributed by atoms with Crippen molar-refractivity contribution in [1.29, 1.82) is 0 Å². The third-order valence-corrected chi connectivity index (χ3v) is 15.1. The Morgan fingerprint density at radius 2 is 0.719 bits per heavy atom. The Balaban J connectivity index is 1.17. The maximum absolute atomic E-state index is 5.16. The van der Waals surface area contributed by atoms with Gasteiger partial charge in [0.05, 0.1) is 0 Å². The summed E-state index contributed by atoms with van der Waals surface area (Å²) in [6, 6.07) is 76.7. The van der Waals surface area contributed by atoms with Crippen LogP contribution in [0.3, 0.4) is 0 Å². The van der Waals surface area contributed by atoms with Gasteiger partial charge in [-0.25, -0.2) is 15.0 Å². The standard InChI is InChI=1S/C53H35N3S/c1-3-17-38(18-4-1)51-54-52(39-19-5-2-6-20-39)56-53(55-51)48-25-12-11-23-45(48)42-29-32-47-46-24-13-14-26-49(46)57(50(47)35-42,43-30-27-36-15-7-9-21-40(36)33-43)44-31-28-37-16-8-10-22-41(37)34-44/h1-35H. The molecule has 0 aliphatic carbocycles. The highest BCUT2D eigenvalue weighted by molar-refractivity contribution is 8.34. The molecule has 1 aromatic heterocycles. The number of hydrogen-bond acceptors (Lipinski definition) is 3. The van der Waals surface area contributed by atoms with Gasteiger partial charge >= 0.3 is 0 Å². The highest BCUT2D eigenvalue weighted by atomic mass is 32.3. The topological polar surface area (TPSA) is 38.7 Å². The lowest BCUT2D eigenvalue weighted by Crippen LogP contribution is -2.03. The van der Waals surface area contributed by atoms with Gasteiger partial charge in [-0.1, -0.05) is 176 Å². The fourth-order valence-electron chi connectivity index (χ4n) is 8.46. The quantitative estimate of drug-likeness (QED) is 0.170. The molecule has 0 fully saturated rings. The van der Waals surface area contributed by atoms with E-state index in [0.29, 0.717) is 17.5 Å². The molecule has 57 heavy (non-hydrogen) atoms. The van der Waals surface area contributed by atoms with Crippen molar-refractivity contribution in [3.05, 3.63) is 212 Å². The van der Waals surface area contributed by atoms with E-state index in [2.05, 4.69) is 176 Å². The molecule has 4 heteroatoms. The predicted molar refractivity (Wildman–Crippen MR) is 236 cm³/mol. The number of hydrogen-bond donors (Lipinski definition) is 0. The van der Waals surface area contributed by atoms with E-state index in [1.54, 1.807) is 0 Å². The molecule has 10 aromatic rings. The Kier molecular flexibility index (Phi) is 7.90. The van der Waals surface area contributed by atoms with Crippen LogP contribution in [0.25, 0.3) is 78.0 Å². The molecular formula is C53H35N3S. The van der Waals surface area contributed by atoms with Crippen molar-refractivity contribution in [1.82, 2.24) is 15.0 Å². The molecule has 0 saturated heterocycles. The average Bonchev–Trinajstić information content (AvgIpc) is 3.59. The highest BCUT2D eigenvalue weighted by Crippen LogP contribution is 2.80. The van der Waals surface area contributed by atoms with Gasteiger partial charge in [0.25, 0.3) is 0 Å². The van der Waals surface area contributed by atoms with E-state index in [0.717, 1.165) is 27.8 Å². The van der Waals surface area contributed by atoms with Crippen LogP contribution in [0, 0.1) is 0 Å². The molecule has 0 atom stereocenters. The van der Waals surface area contributed by atoms with Crippen LogP contribution in [-0.2, 0) is 0 Å². The zero-order valence-corrected chi connectivity index (χ0v) is 31.8. The van der Waals surface area contributed by atoms with Gasteiger partial charge in [-0.2, -0.15) is 0 Å². The minimum atomic E-state index is -1.95. The summed E-state index contributed by atoms with van der Waals surface area (Å²) in [6.07, 6.45) is 0. The molecular weight excluding hydrogens is 711 g/mol. The fraction of sp³-hybridized carbons (Fsp3) is 0. The van der Waals surface area contributed by atoms with Crippen LogP contribution in [0.5, 0.6) is 0 Å². The summed E-state index contributed by atoms with van der Waals surface area (Å²) in [6.45, 7) is 0. The molecule has 11 rings (SSSR count). The summed E-state index contributed by atoms with van der Waals surface area (Å²) in [5, 5.41) is 4.97. The molecule has 0 amide bonds. The zero-order chi connectivity index (χ0) is 37.8. The first-order valence-electron chi connectivity index (χ1n) is 19.3. The summed E-state index contributed by atoms with van der Waals surface area (Å²) >= 11 is 0. The first-order chi connectivity index (χ1) is 28.2. The van der Waals surface area contributed by atoms with E-state index in [1.807, 2.05) is 36.4 Å². The predicted octanol–water partition coefficient (Wildman–Crippen LogP) is 14.2. The summed E-state index contributed by atoms with van der Waals surface area (Å²) in [5.41, 5.74) is 7.63. The largest absolute Gasteiger partial charge is 0.208 e. The smallest absolute Gasteiger partial charge is 0.164 e. The Bertz CT molecular complexity index is 3000. The number of rotatable bonds is 6. The van der Waals surface area contributed by atoms with Gasteiger partial charge in [0.15, 0.2) is 17.5 Å². The van der Waals surface area contributed by atoms with Gasteiger partial charge in [0, 0.05) is 36.3 Å². The maximum Gasteiger partial charge on any atom is 0.164 e. The van der Waals surface area contributed by atoms with Gasteiger partial charge in [0.2, 0.25) is 0 Å². The number of nitrogens with zero attached hydrogens (tertiary/aromatic N) is 3. The van der Waals surface area contributed by atoms with E-state index in [4.69, 9.17) is 15.0 Å². The van der Waals surface area contributed by atoms with Crippen molar-refractivity contribution in [3.8, 4) is 56.4 Å². The number of benzene rings is 9. The van der Waals surface area contributed by atoms with Crippen molar-refractivity contribution in [2.24, 2.45) is 0 Å². The first-order valence-corrected chi connectivity index (χ1v) is 20.9. The third kappa shape index (κ3) is 5.48. The van der Waals surface area contributed by atoms with Crippen molar-refractivity contribution in [2.75, 3.05) is 0 Å². The minimum absolute atomic E-state index is 0.643. The van der Waals surface area contributed by atoms with Gasteiger partial charge < -0.3 is 0 Å². The van der Waals surface area contributed by atoms with Crippen molar-refractivity contribution in [3.63, 3.8) is 0 Å². The highest BCUT2D eigenvalue weighted by Gasteiger charge is 2.42. The van der Waals surface area contributed by atoms with E-state index >= 15 is 0 Å². The van der Waals surface area contributed by atoms with E-state index in [9.17, 15) is 0 Å². The Morgan fingerprint density at radius 3 is 1.32 bits per heavy atom. The van der Waals surface area contributed by atoms with Gasteiger partial charge in [-0.05, 0) is 80.2 Å². The van der Waals surface area contributed by atoms with Crippen LogP contribution < -0.4 is 0 Å². The van der Waals surface area contributed by atoms with Crippen LogP contribution >= 0.6 is 10.0 Å². The van der Waals surface area contributed by atoms with Gasteiger partial charge in [-0.15, -0.1) is 10.0 Å². The molecule has 0 N–H and O–H groups in total. The number of aromatic nitrogens is 3. The molecule has 0 saturated carbocycles. The molecule has 0 unspecified atom stereocenters. The molecule has 9 aromatic carbocycles. The van der Waals surface area contributed by atoms with Gasteiger partial charge in [-0.3, -0.25) is 0 Å². The van der Waals surface area contributed by atoms with Crippen LogP contribution in [0.1, 0.15) is 0 Å². The van der Waals surface area contributed by atoms with E-state index in [-0.39, 0.29) is 0 Å². The molecule has 0 spiro atoms. The summed E-state index contributed by atoms with van der Waals surface area (Å²) < 4.78 is 0. The van der Waals surface area contributed by atoms with Gasteiger partial charge in [0.1, 0.15) is 0 Å².